The monoisotopic (exact) mass is 485 g/mol. The highest BCUT2D eigenvalue weighted by molar-refractivity contribution is 5.43. The summed E-state index contributed by atoms with van der Waals surface area (Å²) in [5.41, 5.74) is -0.468. The zero-order chi connectivity index (χ0) is 24.7. The van der Waals surface area contributed by atoms with Crippen LogP contribution in [-0.4, -0.2) is 69.8 Å². The minimum atomic E-state index is -1.47. The first-order valence-electron chi connectivity index (χ1n) is 11.7. The fraction of sp³-hybridized carbons (Fsp3) is 0.423. The fourth-order valence-electron chi connectivity index (χ4n) is 4.22. The van der Waals surface area contributed by atoms with E-state index in [1.807, 2.05) is 29.0 Å². The van der Waals surface area contributed by atoms with Crippen LogP contribution < -0.4 is 14.2 Å². The summed E-state index contributed by atoms with van der Waals surface area (Å²) in [6.45, 7) is 2.65. The lowest BCUT2D eigenvalue weighted by Crippen LogP contribution is -2.59. The molecule has 0 amide bonds. The van der Waals surface area contributed by atoms with Crippen molar-refractivity contribution in [2.75, 3.05) is 33.4 Å². The first-order valence-corrected chi connectivity index (χ1v) is 11.7. The molecule has 0 bridgehead atoms. The van der Waals surface area contributed by atoms with Gasteiger partial charge in [0.15, 0.2) is 11.5 Å². The third-order valence-corrected chi connectivity index (χ3v) is 6.13. The lowest BCUT2D eigenvalue weighted by molar-refractivity contribution is -0.140. The highest BCUT2D eigenvalue weighted by Crippen LogP contribution is 2.30. The first kappa shape index (κ1) is 25.0. The Balaban J connectivity index is 1.32. The van der Waals surface area contributed by atoms with Crippen LogP contribution in [0.3, 0.4) is 0 Å². The van der Waals surface area contributed by atoms with Crippen LogP contribution in [0.1, 0.15) is 18.4 Å². The molecule has 0 aliphatic carbocycles. The van der Waals surface area contributed by atoms with Crippen molar-refractivity contribution < 1.29 is 28.8 Å². The molecule has 0 unspecified atom stereocenters. The van der Waals surface area contributed by atoms with Crippen LogP contribution in [0.15, 0.2) is 61.2 Å². The van der Waals surface area contributed by atoms with Gasteiger partial charge >= 0.3 is 0 Å². The molecule has 2 N–H and O–H groups in total. The van der Waals surface area contributed by atoms with Gasteiger partial charge in [0, 0.05) is 44.6 Å². The summed E-state index contributed by atoms with van der Waals surface area (Å²) in [5, 5.41) is 21.5. The van der Waals surface area contributed by atoms with E-state index in [2.05, 4.69) is 9.88 Å². The van der Waals surface area contributed by atoms with E-state index in [4.69, 9.17) is 14.2 Å². The number of nitrogens with zero attached hydrogens (tertiary/aromatic N) is 3. The van der Waals surface area contributed by atoms with E-state index in [0.717, 1.165) is 18.5 Å². The molecule has 0 saturated carbocycles. The highest BCUT2D eigenvalue weighted by atomic mass is 19.1. The van der Waals surface area contributed by atoms with Gasteiger partial charge in [0.1, 0.15) is 23.8 Å². The highest BCUT2D eigenvalue weighted by Gasteiger charge is 2.42. The lowest BCUT2D eigenvalue weighted by Gasteiger charge is -2.42. The third-order valence-electron chi connectivity index (χ3n) is 6.13. The maximum atomic E-state index is 13.4. The average molecular weight is 486 g/mol. The second-order valence-corrected chi connectivity index (χ2v) is 8.85. The average Bonchev–Trinajstić information content (AvgIpc) is 3.37. The Morgan fingerprint density at radius 3 is 2.83 bits per heavy atom. The van der Waals surface area contributed by atoms with Crippen LogP contribution in [0.25, 0.3) is 0 Å². The second-order valence-electron chi connectivity index (χ2n) is 8.85. The number of piperidine rings is 1. The topological polar surface area (TPSA) is 89.2 Å². The molecular formula is C26H32FN3O5. The number of hydrogen-bond acceptors (Lipinski definition) is 7. The largest absolute Gasteiger partial charge is 0.493 e. The minimum absolute atomic E-state index is 0.136. The summed E-state index contributed by atoms with van der Waals surface area (Å²) in [4.78, 5) is 6.09. The minimum Gasteiger partial charge on any atom is -0.493 e. The summed E-state index contributed by atoms with van der Waals surface area (Å²) < 4.78 is 32.5. The molecule has 8 nitrogen and oxygen atoms in total. The van der Waals surface area contributed by atoms with Crippen LogP contribution >= 0.6 is 0 Å². The van der Waals surface area contributed by atoms with Gasteiger partial charge in [-0.2, -0.15) is 0 Å². The number of imidazole rings is 1. The normalized spacial score (nSPS) is 20.5. The summed E-state index contributed by atoms with van der Waals surface area (Å²) in [5.74, 6) is 1.22. The molecule has 4 rings (SSSR count). The van der Waals surface area contributed by atoms with Gasteiger partial charge in [-0.15, -0.1) is 0 Å². The Bertz CT molecular complexity index is 1080. The number of aromatic nitrogens is 2. The Labute approximate surface area is 204 Å². The van der Waals surface area contributed by atoms with Crippen LogP contribution in [0.4, 0.5) is 4.39 Å². The first-order chi connectivity index (χ1) is 16.9. The molecule has 188 valence electrons. The van der Waals surface area contributed by atoms with E-state index in [1.54, 1.807) is 31.8 Å². The van der Waals surface area contributed by atoms with Crippen LogP contribution in [0, 0.1) is 5.82 Å². The van der Waals surface area contributed by atoms with Crippen LogP contribution in [0.5, 0.6) is 17.2 Å². The number of β-amino-alcohol motifs (C(OH)–C–C–N with tert-alkyl or cyclic N) is 1. The predicted molar refractivity (Wildman–Crippen MR) is 128 cm³/mol. The molecule has 1 aromatic heterocycles. The van der Waals surface area contributed by atoms with Crippen molar-refractivity contribution in [1.29, 1.82) is 0 Å². The summed E-state index contributed by atoms with van der Waals surface area (Å²) >= 11 is 0. The van der Waals surface area contributed by atoms with Crippen molar-refractivity contribution in [3.63, 3.8) is 0 Å². The predicted octanol–water partition coefficient (Wildman–Crippen LogP) is 2.88. The molecule has 35 heavy (non-hydrogen) atoms. The smallest absolute Gasteiger partial charge is 0.161 e. The van der Waals surface area contributed by atoms with Crippen molar-refractivity contribution in [1.82, 2.24) is 14.5 Å². The van der Waals surface area contributed by atoms with Gasteiger partial charge in [0.25, 0.3) is 0 Å². The number of ether oxygens (including phenoxy) is 3. The number of likely N-dealkylation sites (tertiary alicyclic amines) is 1. The Kier molecular flexibility index (Phi) is 8.22. The van der Waals surface area contributed by atoms with E-state index in [9.17, 15) is 14.6 Å². The second kappa shape index (κ2) is 11.5. The van der Waals surface area contributed by atoms with Crippen molar-refractivity contribution >= 4 is 0 Å². The molecule has 2 aromatic carbocycles. The summed E-state index contributed by atoms with van der Waals surface area (Å²) in [6.07, 6.45) is 5.77. The Morgan fingerprint density at radius 2 is 2.06 bits per heavy atom. The molecule has 1 aliphatic rings. The molecule has 0 radical (unpaired) electrons. The standard InChI is InChI=1S/C26H32FN3O5/c1-33-24-14-20(6-7-23(24)34-13-3-10-29-12-9-28-19-29)16-30-11-8-25(31)26(32,17-30)18-35-22-5-2-4-21(27)15-22/h2,4-7,9,12,14-15,19,25,31-32H,3,8,10-11,13,16-18H2,1H3/t25-,26-/m0/s1. The van der Waals surface area contributed by atoms with Crippen LogP contribution in [0.2, 0.25) is 0 Å². The summed E-state index contributed by atoms with van der Waals surface area (Å²) in [6, 6.07) is 11.5. The Hall–Kier alpha value is -3.14. The number of rotatable bonds is 11. The van der Waals surface area contributed by atoms with Crippen molar-refractivity contribution in [2.24, 2.45) is 0 Å². The lowest BCUT2D eigenvalue weighted by atomic mass is 9.90. The number of halogens is 1. The maximum Gasteiger partial charge on any atom is 0.161 e. The van der Waals surface area contributed by atoms with Crippen LogP contribution in [-0.2, 0) is 13.1 Å². The zero-order valence-corrected chi connectivity index (χ0v) is 19.8. The molecule has 3 aromatic rings. The van der Waals surface area contributed by atoms with E-state index in [0.29, 0.717) is 43.4 Å². The van der Waals surface area contributed by atoms with E-state index < -0.39 is 17.5 Å². The van der Waals surface area contributed by atoms with Gasteiger partial charge in [0.2, 0.25) is 0 Å². The molecule has 1 fully saturated rings. The number of aliphatic hydroxyl groups is 2. The molecule has 0 spiro atoms. The van der Waals surface area contributed by atoms with Crippen molar-refractivity contribution in [2.45, 2.75) is 37.6 Å². The van der Waals surface area contributed by atoms with Crippen molar-refractivity contribution in [3.8, 4) is 17.2 Å². The SMILES string of the molecule is COc1cc(CN2CC[C@H](O)[C@@](O)(COc3cccc(F)c3)C2)ccc1OCCCn1ccnc1. The number of aliphatic hydroxyl groups excluding tert-OH is 1. The molecule has 1 saturated heterocycles. The van der Waals surface area contributed by atoms with Gasteiger partial charge in [-0.25, -0.2) is 9.37 Å². The molecule has 1 aliphatic heterocycles. The van der Waals surface area contributed by atoms with Gasteiger partial charge in [-0.1, -0.05) is 12.1 Å². The van der Waals surface area contributed by atoms with Gasteiger partial charge in [-0.3, -0.25) is 4.90 Å². The number of methoxy groups -OCH3 is 1. The zero-order valence-electron chi connectivity index (χ0n) is 19.8. The van der Waals surface area contributed by atoms with Gasteiger partial charge in [-0.05, 0) is 42.7 Å². The maximum absolute atomic E-state index is 13.4. The van der Waals surface area contributed by atoms with E-state index in [1.165, 1.54) is 12.1 Å². The fourth-order valence-corrected chi connectivity index (χ4v) is 4.22. The number of aryl methyl sites for hydroxylation is 1. The number of hydrogen-bond donors (Lipinski definition) is 2. The molecular weight excluding hydrogens is 453 g/mol. The van der Waals surface area contributed by atoms with E-state index in [-0.39, 0.29) is 13.2 Å². The number of benzene rings is 2. The van der Waals surface area contributed by atoms with Crippen molar-refractivity contribution in [3.05, 3.63) is 72.6 Å². The summed E-state index contributed by atoms with van der Waals surface area (Å²) in [7, 11) is 1.61. The molecule has 2 atom stereocenters. The quantitative estimate of drug-likeness (QED) is 0.404. The van der Waals surface area contributed by atoms with Gasteiger partial charge < -0.3 is 29.0 Å². The molecule has 2 heterocycles. The van der Waals surface area contributed by atoms with Gasteiger partial charge in [0.05, 0.1) is 26.1 Å². The molecule has 9 heteroatoms. The van der Waals surface area contributed by atoms with E-state index >= 15 is 0 Å². The Morgan fingerprint density at radius 1 is 1.17 bits per heavy atom. The third kappa shape index (κ3) is 6.72.